The molecule has 0 aliphatic heterocycles. The van der Waals surface area contributed by atoms with Crippen LogP contribution in [0.1, 0.15) is 36.5 Å². The first kappa shape index (κ1) is 15.6. The lowest BCUT2D eigenvalue weighted by Gasteiger charge is -2.02. The molecule has 1 N–H and O–H groups in total. The van der Waals surface area contributed by atoms with Crippen molar-refractivity contribution in [1.29, 1.82) is 0 Å². The molecule has 8 heteroatoms. The number of rotatable bonds is 6. The van der Waals surface area contributed by atoms with E-state index in [9.17, 15) is 0 Å². The summed E-state index contributed by atoms with van der Waals surface area (Å²) in [6.45, 7) is 4.09. The van der Waals surface area contributed by atoms with Crippen molar-refractivity contribution >= 4 is 28.2 Å². The van der Waals surface area contributed by atoms with Crippen molar-refractivity contribution in [2.24, 2.45) is 0 Å². The zero-order chi connectivity index (χ0) is 16.5. The highest BCUT2D eigenvalue weighted by Gasteiger charge is 2.23. The number of hydrogen-bond donors (Lipinski definition) is 1. The summed E-state index contributed by atoms with van der Waals surface area (Å²) in [5.41, 5.74) is 2.14. The predicted molar refractivity (Wildman–Crippen MR) is 95.3 cm³/mol. The van der Waals surface area contributed by atoms with E-state index in [1.807, 2.05) is 31.2 Å². The maximum Gasteiger partial charge on any atom is 0.247 e. The molecule has 1 unspecified atom stereocenters. The highest BCUT2D eigenvalue weighted by atomic mass is 32.2. The number of aromatic nitrogens is 4. The van der Waals surface area contributed by atoms with E-state index in [4.69, 9.17) is 4.42 Å². The fourth-order valence-electron chi connectivity index (χ4n) is 2.13. The van der Waals surface area contributed by atoms with Gasteiger partial charge in [-0.25, -0.2) is 0 Å². The third kappa shape index (κ3) is 3.59. The summed E-state index contributed by atoms with van der Waals surface area (Å²) < 4.78 is 6.73. The zero-order valence-electron chi connectivity index (χ0n) is 13.4. The van der Waals surface area contributed by atoms with Gasteiger partial charge in [0, 0.05) is 11.6 Å². The van der Waals surface area contributed by atoms with Crippen LogP contribution in [0.4, 0.5) is 5.13 Å². The molecule has 0 bridgehead atoms. The predicted octanol–water partition coefficient (Wildman–Crippen LogP) is 4.32. The van der Waals surface area contributed by atoms with Crippen LogP contribution in [0.5, 0.6) is 0 Å². The van der Waals surface area contributed by atoms with Crippen molar-refractivity contribution < 1.29 is 4.42 Å². The second-order valence-corrected chi connectivity index (χ2v) is 8.43. The molecule has 0 spiro atoms. The van der Waals surface area contributed by atoms with Crippen molar-refractivity contribution in [3.63, 3.8) is 0 Å². The smallest absolute Gasteiger partial charge is 0.247 e. The van der Waals surface area contributed by atoms with Gasteiger partial charge in [0.15, 0.2) is 4.34 Å². The first-order valence-corrected chi connectivity index (χ1v) is 9.54. The minimum absolute atomic E-state index is 0.0263. The maximum absolute atomic E-state index is 5.82. The minimum atomic E-state index is 0.0263. The molecule has 0 amide bonds. The number of nitrogens with zero attached hydrogens (tertiary/aromatic N) is 4. The van der Waals surface area contributed by atoms with Gasteiger partial charge in [0.1, 0.15) is 0 Å². The van der Waals surface area contributed by atoms with Crippen LogP contribution >= 0.6 is 23.1 Å². The van der Waals surface area contributed by atoms with Gasteiger partial charge in [-0.1, -0.05) is 40.8 Å². The third-order valence-corrected chi connectivity index (χ3v) is 5.70. The van der Waals surface area contributed by atoms with E-state index >= 15 is 0 Å². The van der Waals surface area contributed by atoms with Crippen molar-refractivity contribution in [3.05, 3.63) is 35.7 Å². The fourth-order valence-corrected chi connectivity index (χ4v) is 4.13. The third-order valence-electron chi connectivity index (χ3n) is 3.68. The number of anilines is 1. The number of nitrogens with one attached hydrogen (secondary N) is 1. The lowest BCUT2D eigenvalue weighted by Crippen LogP contribution is -1.99. The van der Waals surface area contributed by atoms with Crippen LogP contribution in [0, 0.1) is 6.92 Å². The Labute approximate surface area is 148 Å². The summed E-state index contributed by atoms with van der Waals surface area (Å²) in [6, 6.07) is 8.64. The Morgan fingerprint density at radius 2 is 1.96 bits per heavy atom. The number of aryl methyl sites for hydroxylation is 1. The fraction of sp³-hybridized carbons (Fsp3) is 0.375. The Hall–Kier alpha value is -1.93. The normalized spacial score (nSPS) is 15.4. The van der Waals surface area contributed by atoms with Gasteiger partial charge >= 0.3 is 0 Å². The van der Waals surface area contributed by atoms with E-state index < -0.39 is 0 Å². The van der Waals surface area contributed by atoms with Crippen molar-refractivity contribution in [2.45, 2.75) is 42.3 Å². The quantitative estimate of drug-likeness (QED) is 0.657. The Bertz CT molecular complexity index is 825. The lowest BCUT2D eigenvalue weighted by molar-refractivity contribution is 0.509. The Morgan fingerprint density at radius 3 is 2.71 bits per heavy atom. The second kappa shape index (κ2) is 6.52. The van der Waals surface area contributed by atoms with Gasteiger partial charge in [-0.3, -0.25) is 0 Å². The Kier molecular flexibility index (Phi) is 4.24. The van der Waals surface area contributed by atoms with E-state index in [0.717, 1.165) is 15.0 Å². The average molecular weight is 359 g/mol. The molecule has 2 heterocycles. The number of benzene rings is 1. The summed E-state index contributed by atoms with van der Waals surface area (Å²) in [5, 5.41) is 21.0. The van der Waals surface area contributed by atoms with Gasteiger partial charge in [0.05, 0.1) is 5.25 Å². The number of hydrogen-bond acceptors (Lipinski definition) is 8. The molecule has 1 aliphatic rings. The molecule has 3 aromatic rings. The summed E-state index contributed by atoms with van der Waals surface area (Å²) in [6.07, 6.45) is 2.45. The van der Waals surface area contributed by atoms with Gasteiger partial charge < -0.3 is 9.73 Å². The lowest BCUT2D eigenvalue weighted by atomic mass is 10.1. The second-order valence-electron chi connectivity index (χ2n) is 5.86. The van der Waals surface area contributed by atoms with Crippen LogP contribution in [0.25, 0.3) is 11.5 Å². The molecule has 1 atom stereocenters. The monoisotopic (exact) mass is 359 g/mol. The summed E-state index contributed by atoms with van der Waals surface area (Å²) in [4.78, 5) is 0. The van der Waals surface area contributed by atoms with Crippen molar-refractivity contribution in [1.82, 2.24) is 20.4 Å². The van der Waals surface area contributed by atoms with Gasteiger partial charge in [-0.15, -0.1) is 20.4 Å². The summed E-state index contributed by atoms with van der Waals surface area (Å²) in [5.74, 6) is 1.15. The first-order chi connectivity index (χ1) is 11.7. The largest absolute Gasteiger partial charge is 0.419 e. The number of thioether (sulfide) groups is 1. The molecule has 124 valence electrons. The Morgan fingerprint density at radius 1 is 1.17 bits per heavy atom. The molecule has 1 aromatic carbocycles. The standard InChI is InChI=1S/C16H17N5OS2/c1-9-3-5-11(6-4-9)14-19-18-13(22-14)10(2)23-16-21-20-15(24-16)17-12-7-8-12/h3-6,10,12H,7-8H2,1-2H3,(H,17,20). The molecule has 1 saturated carbocycles. The maximum atomic E-state index is 5.82. The van der Waals surface area contributed by atoms with E-state index in [1.165, 1.54) is 18.4 Å². The first-order valence-electron chi connectivity index (χ1n) is 7.84. The van der Waals surface area contributed by atoms with E-state index in [1.54, 1.807) is 23.1 Å². The van der Waals surface area contributed by atoms with Crippen molar-refractivity contribution in [2.75, 3.05) is 5.32 Å². The van der Waals surface area contributed by atoms with Crippen LogP contribution in [-0.2, 0) is 0 Å². The van der Waals surface area contributed by atoms with E-state index in [-0.39, 0.29) is 5.25 Å². The molecular weight excluding hydrogens is 342 g/mol. The minimum Gasteiger partial charge on any atom is -0.419 e. The molecule has 24 heavy (non-hydrogen) atoms. The molecule has 1 fully saturated rings. The van der Waals surface area contributed by atoms with E-state index in [2.05, 4.69) is 32.6 Å². The highest BCUT2D eigenvalue weighted by molar-refractivity contribution is 8.01. The van der Waals surface area contributed by atoms with Crippen LogP contribution in [-0.4, -0.2) is 26.4 Å². The average Bonchev–Trinajstić information content (AvgIpc) is 3.07. The van der Waals surface area contributed by atoms with Crippen LogP contribution in [0.2, 0.25) is 0 Å². The molecule has 4 rings (SSSR count). The van der Waals surface area contributed by atoms with Crippen LogP contribution in [0.15, 0.2) is 33.0 Å². The van der Waals surface area contributed by atoms with Gasteiger partial charge in [-0.2, -0.15) is 0 Å². The molecule has 0 radical (unpaired) electrons. The van der Waals surface area contributed by atoms with Crippen LogP contribution in [0.3, 0.4) is 0 Å². The zero-order valence-corrected chi connectivity index (χ0v) is 15.0. The van der Waals surface area contributed by atoms with Gasteiger partial charge in [-0.05, 0) is 38.8 Å². The molecule has 6 nitrogen and oxygen atoms in total. The topological polar surface area (TPSA) is 76.7 Å². The molecule has 1 aliphatic carbocycles. The van der Waals surface area contributed by atoms with Gasteiger partial charge in [0.2, 0.25) is 16.9 Å². The summed E-state index contributed by atoms with van der Waals surface area (Å²) >= 11 is 3.15. The van der Waals surface area contributed by atoms with Crippen LogP contribution < -0.4 is 5.32 Å². The summed E-state index contributed by atoms with van der Waals surface area (Å²) in [7, 11) is 0. The molecule has 2 aromatic heterocycles. The van der Waals surface area contributed by atoms with Gasteiger partial charge in [0.25, 0.3) is 0 Å². The Balaban J connectivity index is 1.43. The molecular formula is C16H17N5OS2. The molecule has 0 saturated heterocycles. The van der Waals surface area contributed by atoms with E-state index in [0.29, 0.717) is 17.8 Å². The SMILES string of the molecule is Cc1ccc(-c2nnc(C(C)Sc3nnc(NC4CC4)s3)o2)cc1. The highest BCUT2D eigenvalue weighted by Crippen LogP contribution is 2.38. The van der Waals surface area contributed by atoms with Crippen molar-refractivity contribution in [3.8, 4) is 11.5 Å².